The summed E-state index contributed by atoms with van der Waals surface area (Å²) in [6.07, 6.45) is 2.61. The topological polar surface area (TPSA) is 83.0 Å². The lowest BCUT2D eigenvalue weighted by atomic mass is 10.1. The van der Waals surface area contributed by atoms with E-state index in [1.807, 2.05) is 50.1 Å². The van der Waals surface area contributed by atoms with E-state index in [4.69, 9.17) is 4.74 Å². The molecule has 158 valence electrons. The lowest BCUT2D eigenvalue weighted by molar-refractivity contribution is 0.115. The monoisotopic (exact) mass is 410 g/mol. The highest BCUT2D eigenvalue weighted by molar-refractivity contribution is 7.88. The van der Waals surface area contributed by atoms with Crippen molar-refractivity contribution >= 4 is 16.0 Å². The van der Waals surface area contributed by atoms with Crippen LogP contribution in [0.25, 0.3) is 0 Å². The largest absolute Gasteiger partial charge is 0.379 e. The molecule has 1 aliphatic carbocycles. The molecular formula is C20H34N4O3S. The molecule has 0 saturated heterocycles. The van der Waals surface area contributed by atoms with Gasteiger partial charge in [0.05, 0.1) is 12.4 Å². The van der Waals surface area contributed by atoms with E-state index in [1.165, 1.54) is 12.8 Å². The summed E-state index contributed by atoms with van der Waals surface area (Å²) in [5.74, 6) is 1.58. The van der Waals surface area contributed by atoms with Crippen molar-refractivity contribution in [3.05, 3.63) is 35.4 Å². The standard InChI is InChI=1S/C20H34N4O3S/c1-16(2)23-28(25,26)15-19-9-5-17(6-10-19)13-22-20(21-3)24(4)11-12-27-14-18-7-8-18/h5-6,9-10,16,18,23H,7-8,11-15H2,1-4H3,(H,21,22). The number of aliphatic imine (C=N–C) groups is 1. The highest BCUT2D eigenvalue weighted by Gasteiger charge is 2.21. The first kappa shape index (κ1) is 22.6. The third-order valence-corrected chi connectivity index (χ3v) is 5.98. The Morgan fingerprint density at radius 1 is 1.25 bits per heavy atom. The molecule has 7 nitrogen and oxygen atoms in total. The Morgan fingerprint density at radius 2 is 1.89 bits per heavy atom. The second-order valence-electron chi connectivity index (χ2n) is 7.69. The molecular weight excluding hydrogens is 376 g/mol. The van der Waals surface area contributed by atoms with Gasteiger partial charge in [-0.3, -0.25) is 4.99 Å². The van der Waals surface area contributed by atoms with Crippen molar-refractivity contribution in [1.82, 2.24) is 14.9 Å². The highest BCUT2D eigenvalue weighted by atomic mass is 32.2. The highest BCUT2D eigenvalue weighted by Crippen LogP contribution is 2.28. The molecule has 0 heterocycles. The van der Waals surface area contributed by atoms with Gasteiger partial charge in [0.2, 0.25) is 10.0 Å². The molecule has 28 heavy (non-hydrogen) atoms. The van der Waals surface area contributed by atoms with Gasteiger partial charge in [-0.15, -0.1) is 0 Å². The molecule has 0 bridgehead atoms. The number of rotatable bonds is 11. The molecule has 1 aromatic rings. The van der Waals surface area contributed by atoms with Crippen LogP contribution in [0.4, 0.5) is 0 Å². The average molecular weight is 411 g/mol. The lowest BCUT2D eigenvalue weighted by Gasteiger charge is -2.22. The van der Waals surface area contributed by atoms with Crippen LogP contribution in [0.2, 0.25) is 0 Å². The van der Waals surface area contributed by atoms with Crippen LogP contribution >= 0.6 is 0 Å². The summed E-state index contributed by atoms with van der Waals surface area (Å²) in [5.41, 5.74) is 1.84. The SMILES string of the molecule is CN=C(NCc1ccc(CS(=O)(=O)NC(C)C)cc1)N(C)CCOCC1CC1. The van der Waals surface area contributed by atoms with Gasteiger partial charge in [-0.2, -0.15) is 0 Å². The number of benzene rings is 1. The van der Waals surface area contributed by atoms with E-state index in [2.05, 4.69) is 15.0 Å². The van der Waals surface area contributed by atoms with Crippen LogP contribution in [0.15, 0.2) is 29.3 Å². The maximum absolute atomic E-state index is 12.0. The van der Waals surface area contributed by atoms with Gasteiger partial charge in [0.1, 0.15) is 0 Å². The molecule has 0 amide bonds. The molecule has 0 radical (unpaired) electrons. The fourth-order valence-corrected chi connectivity index (χ4v) is 4.21. The minimum Gasteiger partial charge on any atom is -0.379 e. The van der Waals surface area contributed by atoms with Gasteiger partial charge in [0.15, 0.2) is 5.96 Å². The molecule has 2 N–H and O–H groups in total. The maximum Gasteiger partial charge on any atom is 0.216 e. The molecule has 0 aromatic heterocycles. The maximum atomic E-state index is 12.0. The molecule has 0 aliphatic heterocycles. The minimum atomic E-state index is -3.30. The van der Waals surface area contributed by atoms with Gasteiger partial charge < -0.3 is 15.0 Å². The van der Waals surface area contributed by atoms with Crippen LogP contribution < -0.4 is 10.0 Å². The zero-order valence-corrected chi connectivity index (χ0v) is 18.3. The van der Waals surface area contributed by atoms with Crippen molar-refractivity contribution in [2.24, 2.45) is 10.9 Å². The van der Waals surface area contributed by atoms with E-state index in [0.29, 0.717) is 13.2 Å². The average Bonchev–Trinajstić information content (AvgIpc) is 3.43. The number of nitrogens with one attached hydrogen (secondary N) is 2. The van der Waals surface area contributed by atoms with Crippen LogP contribution in [-0.2, 0) is 27.1 Å². The van der Waals surface area contributed by atoms with Gasteiger partial charge in [-0.05, 0) is 43.7 Å². The second-order valence-corrected chi connectivity index (χ2v) is 9.44. The van der Waals surface area contributed by atoms with Gasteiger partial charge in [0, 0.05) is 39.8 Å². The number of hydrogen-bond acceptors (Lipinski definition) is 4. The summed E-state index contributed by atoms with van der Waals surface area (Å²) in [6.45, 7) is 6.60. The Kier molecular flexibility index (Phi) is 8.72. The Bertz CT molecular complexity index is 728. The van der Waals surface area contributed by atoms with E-state index in [-0.39, 0.29) is 11.8 Å². The van der Waals surface area contributed by atoms with Gasteiger partial charge in [-0.25, -0.2) is 13.1 Å². The molecule has 8 heteroatoms. The Hall–Kier alpha value is -1.64. The molecule has 0 unspecified atom stereocenters. The molecule has 1 fully saturated rings. The first-order chi connectivity index (χ1) is 13.3. The Balaban J connectivity index is 1.77. The van der Waals surface area contributed by atoms with Crippen molar-refractivity contribution in [2.75, 3.05) is 33.9 Å². The fraction of sp³-hybridized carbons (Fsp3) is 0.650. The zero-order chi connectivity index (χ0) is 20.6. The normalized spacial score (nSPS) is 15.1. The van der Waals surface area contributed by atoms with Crippen LogP contribution in [0.5, 0.6) is 0 Å². The Labute approximate surface area is 169 Å². The quantitative estimate of drug-likeness (QED) is 0.331. The fourth-order valence-electron chi connectivity index (χ4n) is 2.78. The van der Waals surface area contributed by atoms with E-state index in [1.54, 1.807) is 7.05 Å². The number of ether oxygens (including phenoxy) is 1. The van der Waals surface area contributed by atoms with Gasteiger partial charge >= 0.3 is 0 Å². The molecule has 0 spiro atoms. The number of hydrogen-bond donors (Lipinski definition) is 2. The summed E-state index contributed by atoms with van der Waals surface area (Å²) in [7, 11) is 0.451. The van der Waals surface area contributed by atoms with Crippen LogP contribution in [0.1, 0.15) is 37.8 Å². The van der Waals surface area contributed by atoms with Crippen molar-refractivity contribution in [3.63, 3.8) is 0 Å². The van der Waals surface area contributed by atoms with Crippen molar-refractivity contribution in [3.8, 4) is 0 Å². The molecule has 1 aromatic carbocycles. The first-order valence-electron chi connectivity index (χ1n) is 9.86. The zero-order valence-electron chi connectivity index (χ0n) is 17.4. The predicted molar refractivity (Wildman–Crippen MR) is 114 cm³/mol. The van der Waals surface area contributed by atoms with Crippen LogP contribution in [0, 0.1) is 5.92 Å². The molecule has 1 saturated carbocycles. The number of sulfonamides is 1. The van der Waals surface area contributed by atoms with E-state index in [9.17, 15) is 8.42 Å². The molecule has 2 rings (SSSR count). The summed E-state index contributed by atoms with van der Waals surface area (Å²) >= 11 is 0. The second kappa shape index (κ2) is 10.8. The predicted octanol–water partition coefficient (Wildman–Crippen LogP) is 1.95. The van der Waals surface area contributed by atoms with E-state index >= 15 is 0 Å². The first-order valence-corrected chi connectivity index (χ1v) is 11.5. The van der Waals surface area contributed by atoms with Crippen molar-refractivity contribution in [1.29, 1.82) is 0 Å². The van der Waals surface area contributed by atoms with Gasteiger partial charge in [-0.1, -0.05) is 24.3 Å². The number of likely N-dealkylation sites (N-methyl/N-ethyl adjacent to an activating group) is 1. The third kappa shape index (κ3) is 8.58. The van der Waals surface area contributed by atoms with Gasteiger partial charge in [0.25, 0.3) is 0 Å². The lowest BCUT2D eigenvalue weighted by Crippen LogP contribution is -2.40. The minimum absolute atomic E-state index is 0.00977. The third-order valence-electron chi connectivity index (χ3n) is 4.44. The van der Waals surface area contributed by atoms with Crippen molar-refractivity contribution in [2.45, 2.75) is 45.0 Å². The summed E-state index contributed by atoms with van der Waals surface area (Å²) in [6, 6.07) is 7.50. The number of nitrogens with zero attached hydrogens (tertiary/aromatic N) is 2. The summed E-state index contributed by atoms with van der Waals surface area (Å²) < 4.78 is 32.3. The van der Waals surface area contributed by atoms with Crippen LogP contribution in [-0.4, -0.2) is 59.2 Å². The Morgan fingerprint density at radius 3 is 2.46 bits per heavy atom. The van der Waals surface area contributed by atoms with Crippen molar-refractivity contribution < 1.29 is 13.2 Å². The van der Waals surface area contributed by atoms with E-state index in [0.717, 1.165) is 36.2 Å². The van der Waals surface area contributed by atoms with Crippen LogP contribution in [0.3, 0.4) is 0 Å². The summed E-state index contributed by atoms with van der Waals surface area (Å²) in [4.78, 5) is 6.36. The van der Waals surface area contributed by atoms with E-state index < -0.39 is 10.0 Å². The smallest absolute Gasteiger partial charge is 0.216 e. The molecule has 0 atom stereocenters. The summed E-state index contributed by atoms with van der Waals surface area (Å²) in [5, 5.41) is 3.33. The number of guanidine groups is 1. The molecule has 1 aliphatic rings.